The van der Waals surface area contributed by atoms with Crippen molar-refractivity contribution in [1.82, 2.24) is 9.97 Å². The summed E-state index contributed by atoms with van der Waals surface area (Å²) >= 11 is 1.70. The first kappa shape index (κ1) is 14.3. The molecule has 0 spiro atoms. The monoisotopic (exact) mass is 286 g/mol. The molecule has 4 nitrogen and oxygen atoms in total. The summed E-state index contributed by atoms with van der Waals surface area (Å²) in [6.07, 6.45) is 8.58. The summed E-state index contributed by atoms with van der Waals surface area (Å²) in [6.45, 7) is 0. The van der Waals surface area contributed by atoms with Crippen molar-refractivity contribution in [3.8, 4) is 0 Å². The van der Waals surface area contributed by atoms with Gasteiger partial charge in [-0.2, -0.15) is 0 Å². The van der Waals surface area contributed by atoms with Gasteiger partial charge in [0.25, 0.3) is 0 Å². The minimum absolute atomic E-state index is 0.354. The molecule has 0 radical (unpaired) electrons. The van der Waals surface area contributed by atoms with Crippen LogP contribution in [-0.4, -0.2) is 29.3 Å². The molecule has 2 aromatic rings. The standard InChI is InChI=1S/C15H14N2O2S/c1-19-15(18)13-9-16-10-17-14(13)8-5-11-3-6-12(20-2)7-4-11/h3-10H,1-2H3. The van der Waals surface area contributed by atoms with E-state index < -0.39 is 5.97 Å². The first-order chi connectivity index (χ1) is 9.74. The van der Waals surface area contributed by atoms with Gasteiger partial charge in [-0.05, 0) is 30.0 Å². The van der Waals surface area contributed by atoms with Crippen LogP contribution in [0.3, 0.4) is 0 Å². The normalized spacial score (nSPS) is 10.7. The molecule has 0 saturated carbocycles. The molecule has 0 fully saturated rings. The molecule has 102 valence electrons. The summed E-state index contributed by atoms with van der Waals surface area (Å²) < 4.78 is 4.70. The molecule has 20 heavy (non-hydrogen) atoms. The van der Waals surface area contributed by atoms with Gasteiger partial charge in [-0.15, -0.1) is 11.8 Å². The first-order valence-electron chi connectivity index (χ1n) is 5.95. The van der Waals surface area contributed by atoms with Crippen molar-refractivity contribution in [2.75, 3.05) is 13.4 Å². The van der Waals surface area contributed by atoms with Crippen LogP contribution in [0, 0.1) is 0 Å². The van der Waals surface area contributed by atoms with Crippen LogP contribution in [0.4, 0.5) is 0 Å². The van der Waals surface area contributed by atoms with Crippen molar-refractivity contribution < 1.29 is 9.53 Å². The number of benzene rings is 1. The van der Waals surface area contributed by atoms with Crippen LogP contribution in [0.5, 0.6) is 0 Å². The van der Waals surface area contributed by atoms with Gasteiger partial charge in [0.15, 0.2) is 0 Å². The van der Waals surface area contributed by atoms with Gasteiger partial charge in [-0.25, -0.2) is 14.8 Å². The number of rotatable bonds is 4. The van der Waals surface area contributed by atoms with Crippen molar-refractivity contribution in [3.63, 3.8) is 0 Å². The topological polar surface area (TPSA) is 52.1 Å². The van der Waals surface area contributed by atoms with E-state index in [1.54, 1.807) is 17.8 Å². The molecular formula is C15H14N2O2S. The van der Waals surface area contributed by atoms with Gasteiger partial charge in [0.2, 0.25) is 0 Å². The number of nitrogens with zero attached hydrogens (tertiary/aromatic N) is 2. The van der Waals surface area contributed by atoms with Gasteiger partial charge < -0.3 is 4.74 Å². The number of thioether (sulfide) groups is 1. The molecule has 1 aromatic heterocycles. The van der Waals surface area contributed by atoms with Crippen molar-refractivity contribution in [1.29, 1.82) is 0 Å². The Morgan fingerprint density at radius 3 is 2.65 bits per heavy atom. The molecule has 1 heterocycles. The number of carbonyl (C=O) groups excluding carboxylic acids is 1. The quantitative estimate of drug-likeness (QED) is 0.638. The summed E-state index contributed by atoms with van der Waals surface area (Å²) in [5.74, 6) is -0.442. The fraction of sp³-hybridized carbons (Fsp3) is 0.133. The third-order valence-electron chi connectivity index (χ3n) is 2.70. The zero-order valence-corrected chi connectivity index (χ0v) is 12.1. The average molecular weight is 286 g/mol. The maximum Gasteiger partial charge on any atom is 0.341 e. The van der Waals surface area contributed by atoms with E-state index in [9.17, 15) is 4.79 Å². The van der Waals surface area contributed by atoms with Crippen LogP contribution in [0.1, 0.15) is 21.6 Å². The summed E-state index contributed by atoms with van der Waals surface area (Å²) in [5, 5.41) is 0. The Kier molecular flexibility index (Phi) is 4.90. The minimum Gasteiger partial charge on any atom is -0.465 e. The maximum atomic E-state index is 11.6. The second-order valence-corrected chi connectivity index (χ2v) is 4.80. The second-order valence-electron chi connectivity index (χ2n) is 3.92. The zero-order chi connectivity index (χ0) is 14.4. The van der Waals surface area contributed by atoms with E-state index in [4.69, 9.17) is 4.74 Å². The number of esters is 1. The molecule has 0 aliphatic carbocycles. The molecule has 1 aromatic carbocycles. The fourth-order valence-electron chi connectivity index (χ4n) is 1.63. The smallest absolute Gasteiger partial charge is 0.341 e. The highest BCUT2D eigenvalue weighted by Gasteiger charge is 2.10. The lowest BCUT2D eigenvalue weighted by Crippen LogP contribution is -2.05. The summed E-state index contributed by atoms with van der Waals surface area (Å²) in [4.78, 5) is 20.7. The van der Waals surface area contributed by atoms with E-state index in [0.29, 0.717) is 11.3 Å². The Morgan fingerprint density at radius 1 is 1.25 bits per heavy atom. The number of hydrogen-bond donors (Lipinski definition) is 0. The van der Waals surface area contributed by atoms with E-state index in [2.05, 4.69) is 9.97 Å². The average Bonchev–Trinajstić information content (AvgIpc) is 2.53. The summed E-state index contributed by atoms with van der Waals surface area (Å²) in [6, 6.07) is 8.12. The Bertz CT molecular complexity index is 624. The third kappa shape index (κ3) is 3.45. The summed E-state index contributed by atoms with van der Waals surface area (Å²) in [5.41, 5.74) is 1.94. The lowest BCUT2D eigenvalue weighted by atomic mass is 10.1. The van der Waals surface area contributed by atoms with Gasteiger partial charge in [-0.3, -0.25) is 0 Å². The lowest BCUT2D eigenvalue weighted by molar-refractivity contribution is 0.0599. The SMILES string of the molecule is COC(=O)c1cncnc1C=Cc1ccc(SC)cc1. The van der Waals surface area contributed by atoms with Crippen molar-refractivity contribution in [3.05, 3.63) is 53.6 Å². The Morgan fingerprint density at radius 2 is 2.00 bits per heavy atom. The molecule has 5 heteroatoms. The zero-order valence-electron chi connectivity index (χ0n) is 11.2. The van der Waals surface area contributed by atoms with Crippen LogP contribution < -0.4 is 0 Å². The molecule has 2 rings (SSSR count). The number of ether oxygens (including phenoxy) is 1. The van der Waals surface area contributed by atoms with Crippen LogP contribution >= 0.6 is 11.8 Å². The Balaban J connectivity index is 2.24. The van der Waals surface area contributed by atoms with Gasteiger partial charge in [0.05, 0.1) is 12.8 Å². The molecule has 0 saturated heterocycles. The molecule has 0 amide bonds. The van der Waals surface area contributed by atoms with Gasteiger partial charge >= 0.3 is 5.97 Å². The van der Waals surface area contributed by atoms with Crippen molar-refractivity contribution in [2.24, 2.45) is 0 Å². The minimum atomic E-state index is -0.442. The van der Waals surface area contributed by atoms with E-state index in [0.717, 1.165) is 5.56 Å². The number of aromatic nitrogens is 2. The molecule has 0 bridgehead atoms. The predicted octanol–water partition coefficient (Wildman–Crippen LogP) is 3.16. The summed E-state index contributed by atoms with van der Waals surface area (Å²) in [7, 11) is 1.34. The fourth-order valence-corrected chi connectivity index (χ4v) is 2.04. The highest BCUT2D eigenvalue weighted by Crippen LogP contribution is 2.16. The second kappa shape index (κ2) is 6.86. The lowest BCUT2D eigenvalue weighted by Gasteiger charge is -2.02. The molecule has 0 aliphatic heterocycles. The number of carbonyl (C=O) groups is 1. The van der Waals surface area contributed by atoms with Gasteiger partial charge in [-0.1, -0.05) is 18.2 Å². The highest BCUT2D eigenvalue weighted by atomic mass is 32.2. The van der Waals surface area contributed by atoms with E-state index in [-0.39, 0.29) is 0 Å². The largest absolute Gasteiger partial charge is 0.465 e. The molecule has 0 unspecified atom stereocenters. The predicted molar refractivity (Wildman–Crippen MR) is 80.5 cm³/mol. The maximum absolute atomic E-state index is 11.6. The van der Waals surface area contributed by atoms with E-state index in [1.165, 1.54) is 24.5 Å². The first-order valence-corrected chi connectivity index (χ1v) is 7.17. The van der Waals surface area contributed by atoms with E-state index in [1.807, 2.05) is 36.6 Å². The number of methoxy groups -OCH3 is 1. The van der Waals surface area contributed by atoms with E-state index >= 15 is 0 Å². The molecule has 0 atom stereocenters. The van der Waals surface area contributed by atoms with Crippen LogP contribution in [0.25, 0.3) is 12.2 Å². The van der Waals surface area contributed by atoms with Crippen LogP contribution in [-0.2, 0) is 4.74 Å². The highest BCUT2D eigenvalue weighted by molar-refractivity contribution is 7.98. The van der Waals surface area contributed by atoms with Gasteiger partial charge in [0.1, 0.15) is 11.9 Å². The number of hydrogen-bond acceptors (Lipinski definition) is 5. The third-order valence-corrected chi connectivity index (χ3v) is 3.44. The van der Waals surface area contributed by atoms with Crippen LogP contribution in [0.15, 0.2) is 41.7 Å². The van der Waals surface area contributed by atoms with Gasteiger partial charge in [0, 0.05) is 11.1 Å². The molecule has 0 aliphatic rings. The Hall–Kier alpha value is -2.14. The molecular weight excluding hydrogens is 272 g/mol. The van der Waals surface area contributed by atoms with Crippen LogP contribution in [0.2, 0.25) is 0 Å². The van der Waals surface area contributed by atoms with Crippen molar-refractivity contribution >= 4 is 29.9 Å². The van der Waals surface area contributed by atoms with Crippen molar-refractivity contribution in [2.45, 2.75) is 4.90 Å². The molecule has 0 N–H and O–H groups in total. The Labute approximate surface area is 121 Å².